The molecule has 6 heteroatoms. The normalized spacial score (nSPS) is 12.2. The fourth-order valence-corrected chi connectivity index (χ4v) is 0.695. The zero-order valence-corrected chi connectivity index (χ0v) is 6.73. The standard InChI is InChI=1S/C6H12N2O4/c1-2-4(10)8(6(7)12)5(11)3-9/h4,9-10H,2-3H2,1H3,(H2,7,12). The second-order valence-electron chi connectivity index (χ2n) is 2.15. The van der Waals surface area contributed by atoms with Crippen molar-refractivity contribution in [2.75, 3.05) is 6.61 Å². The molecule has 0 saturated carbocycles. The van der Waals surface area contributed by atoms with Gasteiger partial charge in [-0.1, -0.05) is 6.92 Å². The molecule has 1 atom stereocenters. The topological polar surface area (TPSA) is 104 Å². The van der Waals surface area contributed by atoms with E-state index in [2.05, 4.69) is 0 Å². The van der Waals surface area contributed by atoms with Gasteiger partial charge in [0.25, 0.3) is 5.91 Å². The lowest BCUT2D eigenvalue weighted by Gasteiger charge is -2.22. The van der Waals surface area contributed by atoms with E-state index in [1.807, 2.05) is 0 Å². The highest BCUT2D eigenvalue weighted by atomic mass is 16.3. The average molecular weight is 176 g/mol. The van der Waals surface area contributed by atoms with Crippen molar-refractivity contribution in [3.63, 3.8) is 0 Å². The maximum Gasteiger partial charge on any atom is 0.323 e. The molecule has 12 heavy (non-hydrogen) atoms. The molecule has 70 valence electrons. The minimum Gasteiger partial charge on any atom is -0.387 e. The van der Waals surface area contributed by atoms with Gasteiger partial charge < -0.3 is 15.9 Å². The molecule has 0 saturated heterocycles. The second kappa shape index (κ2) is 4.68. The first-order chi connectivity index (χ1) is 5.54. The molecule has 0 heterocycles. The van der Waals surface area contributed by atoms with Gasteiger partial charge in [-0.05, 0) is 6.42 Å². The Morgan fingerprint density at radius 2 is 2.08 bits per heavy atom. The third-order valence-electron chi connectivity index (χ3n) is 1.30. The lowest BCUT2D eigenvalue weighted by molar-refractivity contribution is -0.138. The van der Waals surface area contributed by atoms with E-state index in [0.717, 1.165) is 0 Å². The zero-order valence-electron chi connectivity index (χ0n) is 6.73. The molecule has 1 unspecified atom stereocenters. The number of carbonyl (C=O) groups excluding carboxylic acids is 2. The summed E-state index contributed by atoms with van der Waals surface area (Å²) in [6.07, 6.45) is -1.09. The van der Waals surface area contributed by atoms with Crippen molar-refractivity contribution in [2.24, 2.45) is 5.73 Å². The number of primary amides is 1. The average Bonchev–Trinajstić information content (AvgIpc) is 2.03. The smallest absolute Gasteiger partial charge is 0.323 e. The Morgan fingerprint density at radius 1 is 1.58 bits per heavy atom. The van der Waals surface area contributed by atoms with Gasteiger partial charge >= 0.3 is 6.03 Å². The van der Waals surface area contributed by atoms with Crippen LogP contribution in [-0.4, -0.2) is 39.9 Å². The zero-order chi connectivity index (χ0) is 9.72. The summed E-state index contributed by atoms with van der Waals surface area (Å²) in [5.41, 5.74) is 4.78. The monoisotopic (exact) mass is 176 g/mol. The molecule has 3 amide bonds. The summed E-state index contributed by atoms with van der Waals surface area (Å²) >= 11 is 0. The predicted octanol–water partition coefficient (Wildman–Crippen LogP) is -1.39. The van der Waals surface area contributed by atoms with Crippen LogP contribution in [0, 0.1) is 0 Å². The molecule has 0 spiro atoms. The molecule has 4 N–H and O–H groups in total. The number of aliphatic hydroxyl groups is 2. The van der Waals surface area contributed by atoms with Crippen molar-refractivity contribution in [2.45, 2.75) is 19.6 Å². The first kappa shape index (κ1) is 10.9. The van der Waals surface area contributed by atoms with Gasteiger partial charge in [0.1, 0.15) is 12.8 Å². The van der Waals surface area contributed by atoms with Crippen LogP contribution in [0.25, 0.3) is 0 Å². The summed E-state index contributed by atoms with van der Waals surface area (Å²) in [6.45, 7) is 0.727. The summed E-state index contributed by atoms with van der Waals surface area (Å²) < 4.78 is 0. The lowest BCUT2D eigenvalue weighted by Crippen LogP contribution is -2.48. The number of hydrogen-bond donors (Lipinski definition) is 3. The van der Waals surface area contributed by atoms with Gasteiger partial charge in [0.15, 0.2) is 0 Å². The molecule has 0 aromatic heterocycles. The molecule has 6 nitrogen and oxygen atoms in total. The molecule has 0 radical (unpaired) electrons. The van der Waals surface area contributed by atoms with Crippen molar-refractivity contribution in [3.05, 3.63) is 0 Å². The maximum absolute atomic E-state index is 10.8. The van der Waals surface area contributed by atoms with E-state index in [-0.39, 0.29) is 6.42 Å². The SMILES string of the molecule is CCC(O)N(C(N)=O)C(=O)CO. The maximum atomic E-state index is 10.8. The van der Waals surface area contributed by atoms with E-state index < -0.39 is 24.8 Å². The van der Waals surface area contributed by atoms with E-state index in [1.165, 1.54) is 0 Å². The van der Waals surface area contributed by atoms with Crippen molar-refractivity contribution in [3.8, 4) is 0 Å². The minimum atomic E-state index is -1.26. The molecule has 0 aliphatic carbocycles. The summed E-state index contributed by atoms with van der Waals surface area (Å²) in [5, 5.41) is 17.5. The first-order valence-corrected chi connectivity index (χ1v) is 3.45. The van der Waals surface area contributed by atoms with Gasteiger partial charge in [0.05, 0.1) is 0 Å². The molecular weight excluding hydrogens is 164 g/mol. The molecular formula is C6H12N2O4. The third-order valence-corrected chi connectivity index (χ3v) is 1.30. The Labute approximate surface area is 69.6 Å². The van der Waals surface area contributed by atoms with Crippen LogP contribution in [0.4, 0.5) is 4.79 Å². The number of amides is 3. The quantitative estimate of drug-likeness (QED) is 0.461. The fourth-order valence-electron chi connectivity index (χ4n) is 0.695. The Hall–Kier alpha value is -1.14. The number of nitrogens with two attached hydrogens (primary N) is 1. The van der Waals surface area contributed by atoms with E-state index >= 15 is 0 Å². The van der Waals surface area contributed by atoms with Crippen molar-refractivity contribution in [1.29, 1.82) is 0 Å². The van der Waals surface area contributed by atoms with Gasteiger partial charge in [-0.25, -0.2) is 9.69 Å². The summed E-state index contributed by atoms with van der Waals surface area (Å²) in [4.78, 5) is 21.7. The Kier molecular flexibility index (Phi) is 4.24. The van der Waals surface area contributed by atoms with E-state index in [9.17, 15) is 9.59 Å². The summed E-state index contributed by atoms with van der Waals surface area (Å²) in [7, 11) is 0. The summed E-state index contributed by atoms with van der Waals surface area (Å²) in [5.74, 6) is -0.906. The van der Waals surface area contributed by atoms with Gasteiger partial charge in [-0.3, -0.25) is 4.79 Å². The summed E-state index contributed by atoms with van der Waals surface area (Å²) in [6, 6.07) is -1.07. The predicted molar refractivity (Wildman–Crippen MR) is 39.8 cm³/mol. The number of aliphatic hydroxyl groups excluding tert-OH is 2. The highest BCUT2D eigenvalue weighted by molar-refractivity contribution is 5.94. The highest BCUT2D eigenvalue weighted by Gasteiger charge is 2.24. The molecule has 0 fully saturated rings. The first-order valence-electron chi connectivity index (χ1n) is 3.45. The van der Waals surface area contributed by atoms with Crippen LogP contribution >= 0.6 is 0 Å². The molecule has 0 rings (SSSR count). The minimum absolute atomic E-state index is 0.175. The van der Waals surface area contributed by atoms with Crippen molar-refractivity contribution < 1.29 is 19.8 Å². The number of rotatable bonds is 3. The van der Waals surface area contributed by atoms with Crippen LogP contribution in [-0.2, 0) is 4.79 Å². The van der Waals surface area contributed by atoms with Crippen LogP contribution in [0.3, 0.4) is 0 Å². The second-order valence-corrected chi connectivity index (χ2v) is 2.15. The van der Waals surface area contributed by atoms with E-state index in [1.54, 1.807) is 6.92 Å². The number of nitrogens with zero attached hydrogens (tertiary/aromatic N) is 1. The molecule has 0 aliphatic heterocycles. The Morgan fingerprint density at radius 3 is 2.33 bits per heavy atom. The van der Waals surface area contributed by atoms with Crippen molar-refractivity contribution in [1.82, 2.24) is 4.90 Å². The number of carbonyl (C=O) groups is 2. The number of imide groups is 1. The van der Waals surface area contributed by atoms with Crippen LogP contribution in [0.2, 0.25) is 0 Å². The van der Waals surface area contributed by atoms with Crippen LogP contribution in [0.1, 0.15) is 13.3 Å². The van der Waals surface area contributed by atoms with Gasteiger partial charge in [0.2, 0.25) is 0 Å². The molecule has 0 bridgehead atoms. The third kappa shape index (κ3) is 2.48. The van der Waals surface area contributed by atoms with Gasteiger partial charge in [-0.15, -0.1) is 0 Å². The number of hydrogen-bond acceptors (Lipinski definition) is 4. The molecule has 0 aromatic carbocycles. The van der Waals surface area contributed by atoms with E-state index in [4.69, 9.17) is 15.9 Å². The molecule has 0 aromatic rings. The van der Waals surface area contributed by atoms with Crippen LogP contribution < -0.4 is 5.73 Å². The largest absolute Gasteiger partial charge is 0.387 e. The van der Waals surface area contributed by atoms with Crippen LogP contribution in [0.5, 0.6) is 0 Å². The highest BCUT2D eigenvalue weighted by Crippen LogP contribution is 2.00. The van der Waals surface area contributed by atoms with Gasteiger partial charge in [0, 0.05) is 0 Å². The van der Waals surface area contributed by atoms with Crippen LogP contribution in [0.15, 0.2) is 0 Å². The van der Waals surface area contributed by atoms with E-state index in [0.29, 0.717) is 4.90 Å². The lowest BCUT2D eigenvalue weighted by atomic mass is 10.3. The van der Waals surface area contributed by atoms with Gasteiger partial charge in [-0.2, -0.15) is 0 Å². The number of urea groups is 1. The molecule has 0 aliphatic rings. The van der Waals surface area contributed by atoms with Crippen molar-refractivity contribution >= 4 is 11.9 Å². The fraction of sp³-hybridized carbons (Fsp3) is 0.667. The Balaban J connectivity index is 4.43. The Bertz CT molecular complexity index is 182.